The molecule has 0 spiro atoms. The van der Waals surface area contributed by atoms with E-state index in [1.165, 1.54) is 37.9 Å². The first kappa shape index (κ1) is 14.5. The Balaban J connectivity index is 1.73. The molecule has 19 heavy (non-hydrogen) atoms. The van der Waals surface area contributed by atoms with E-state index in [9.17, 15) is 0 Å². The van der Waals surface area contributed by atoms with Crippen LogP contribution in [0.5, 0.6) is 0 Å². The van der Waals surface area contributed by atoms with Crippen LogP contribution in [0.25, 0.3) is 0 Å². The molecule has 0 aromatic heterocycles. The molecule has 2 heteroatoms. The van der Waals surface area contributed by atoms with Crippen molar-refractivity contribution in [1.29, 1.82) is 0 Å². The molecule has 1 unspecified atom stereocenters. The fourth-order valence-corrected chi connectivity index (χ4v) is 2.83. The molecule has 0 radical (unpaired) electrons. The van der Waals surface area contributed by atoms with Crippen molar-refractivity contribution in [3.8, 4) is 0 Å². The average Bonchev–Trinajstić information content (AvgIpc) is 2.42. The van der Waals surface area contributed by atoms with Crippen LogP contribution in [-0.2, 0) is 6.42 Å². The van der Waals surface area contributed by atoms with Gasteiger partial charge in [-0.1, -0.05) is 44.2 Å². The summed E-state index contributed by atoms with van der Waals surface area (Å²) in [6, 6.07) is 11.2. The van der Waals surface area contributed by atoms with Crippen molar-refractivity contribution in [3.05, 3.63) is 35.9 Å². The summed E-state index contributed by atoms with van der Waals surface area (Å²) in [5.74, 6) is 1.44. The maximum atomic E-state index is 6.16. The summed E-state index contributed by atoms with van der Waals surface area (Å²) in [7, 11) is 0. The maximum Gasteiger partial charge on any atom is 0.0191 e. The lowest BCUT2D eigenvalue weighted by Crippen LogP contribution is -2.44. The second kappa shape index (κ2) is 7.06. The highest BCUT2D eigenvalue weighted by Gasteiger charge is 2.21. The molecule has 2 N–H and O–H groups in total. The van der Waals surface area contributed by atoms with Gasteiger partial charge in [0.05, 0.1) is 0 Å². The molecule has 2 nitrogen and oxygen atoms in total. The van der Waals surface area contributed by atoms with E-state index in [-0.39, 0.29) is 0 Å². The van der Waals surface area contributed by atoms with Crippen molar-refractivity contribution in [2.45, 2.75) is 39.2 Å². The number of rotatable bonds is 5. The highest BCUT2D eigenvalue weighted by Crippen LogP contribution is 2.21. The number of nitrogens with zero attached hydrogens (tertiary/aromatic N) is 1. The number of benzene rings is 1. The van der Waals surface area contributed by atoms with Gasteiger partial charge in [0.1, 0.15) is 0 Å². The summed E-state index contributed by atoms with van der Waals surface area (Å²) in [5, 5.41) is 0. The molecule has 2 rings (SSSR count). The van der Waals surface area contributed by atoms with Gasteiger partial charge in [-0.3, -0.25) is 0 Å². The van der Waals surface area contributed by atoms with E-state index < -0.39 is 0 Å². The van der Waals surface area contributed by atoms with Gasteiger partial charge in [-0.15, -0.1) is 0 Å². The normalized spacial score (nSPS) is 19.8. The van der Waals surface area contributed by atoms with Crippen LogP contribution in [0.15, 0.2) is 30.3 Å². The summed E-state index contributed by atoms with van der Waals surface area (Å²) >= 11 is 0. The molecule has 1 aliphatic heterocycles. The molecular formula is C17H28N2. The van der Waals surface area contributed by atoms with Crippen molar-refractivity contribution in [2.75, 3.05) is 19.6 Å². The minimum atomic E-state index is 0.325. The number of likely N-dealkylation sites (tertiary alicyclic amines) is 1. The minimum Gasteiger partial charge on any atom is -0.326 e. The third kappa shape index (κ3) is 4.63. The Morgan fingerprint density at radius 1 is 1.16 bits per heavy atom. The Morgan fingerprint density at radius 2 is 1.79 bits per heavy atom. The van der Waals surface area contributed by atoms with Gasteiger partial charge in [-0.05, 0) is 49.8 Å². The largest absolute Gasteiger partial charge is 0.326 e. The van der Waals surface area contributed by atoms with Crippen LogP contribution < -0.4 is 5.73 Å². The smallest absolute Gasteiger partial charge is 0.0191 e. The van der Waals surface area contributed by atoms with Crippen molar-refractivity contribution in [2.24, 2.45) is 17.6 Å². The second-order valence-electron chi connectivity index (χ2n) is 6.34. The molecule has 0 amide bonds. The van der Waals surface area contributed by atoms with Crippen LogP contribution in [-0.4, -0.2) is 30.6 Å². The molecule has 1 fully saturated rings. The lowest BCUT2D eigenvalue weighted by molar-refractivity contribution is 0.166. The molecule has 0 aliphatic carbocycles. The van der Waals surface area contributed by atoms with E-state index in [0.29, 0.717) is 12.0 Å². The van der Waals surface area contributed by atoms with Gasteiger partial charge in [0.15, 0.2) is 0 Å². The Bertz CT molecular complexity index is 353. The lowest BCUT2D eigenvalue weighted by atomic mass is 9.90. The Labute approximate surface area is 118 Å². The van der Waals surface area contributed by atoms with Crippen molar-refractivity contribution in [3.63, 3.8) is 0 Å². The first-order valence-corrected chi connectivity index (χ1v) is 7.67. The zero-order valence-electron chi connectivity index (χ0n) is 12.4. The number of nitrogens with two attached hydrogens (primary N) is 1. The van der Waals surface area contributed by atoms with Gasteiger partial charge in [0, 0.05) is 12.6 Å². The fraction of sp³-hybridized carbons (Fsp3) is 0.647. The van der Waals surface area contributed by atoms with E-state index in [1.807, 2.05) is 0 Å². The average molecular weight is 260 g/mol. The zero-order valence-corrected chi connectivity index (χ0v) is 12.4. The number of hydrogen-bond acceptors (Lipinski definition) is 2. The van der Waals surface area contributed by atoms with Crippen LogP contribution in [0.3, 0.4) is 0 Å². The molecule has 1 aliphatic rings. The zero-order chi connectivity index (χ0) is 13.7. The number of hydrogen-bond donors (Lipinski definition) is 1. The van der Waals surface area contributed by atoms with Gasteiger partial charge < -0.3 is 10.6 Å². The van der Waals surface area contributed by atoms with Gasteiger partial charge in [-0.2, -0.15) is 0 Å². The first-order chi connectivity index (χ1) is 9.15. The van der Waals surface area contributed by atoms with Crippen LogP contribution >= 0.6 is 0 Å². The molecule has 1 aromatic rings. The van der Waals surface area contributed by atoms with Crippen molar-refractivity contribution >= 4 is 0 Å². The van der Waals surface area contributed by atoms with Crippen molar-refractivity contribution in [1.82, 2.24) is 4.90 Å². The first-order valence-electron chi connectivity index (χ1n) is 7.67. The molecule has 1 saturated heterocycles. The Hall–Kier alpha value is -0.860. The minimum absolute atomic E-state index is 0.325. The summed E-state index contributed by atoms with van der Waals surface area (Å²) in [6.45, 7) is 7.94. The second-order valence-corrected chi connectivity index (χ2v) is 6.34. The molecular weight excluding hydrogens is 232 g/mol. The third-order valence-corrected chi connectivity index (χ3v) is 4.40. The summed E-state index contributed by atoms with van der Waals surface area (Å²) in [6.07, 6.45) is 3.88. The van der Waals surface area contributed by atoms with Gasteiger partial charge in [-0.25, -0.2) is 0 Å². The van der Waals surface area contributed by atoms with Crippen LogP contribution in [0.1, 0.15) is 32.3 Å². The van der Waals surface area contributed by atoms with Gasteiger partial charge >= 0.3 is 0 Å². The molecule has 106 valence electrons. The topological polar surface area (TPSA) is 29.3 Å². The molecule has 0 bridgehead atoms. The van der Waals surface area contributed by atoms with E-state index >= 15 is 0 Å². The number of piperidine rings is 1. The highest BCUT2D eigenvalue weighted by atomic mass is 15.1. The Morgan fingerprint density at radius 3 is 2.37 bits per heavy atom. The predicted molar refractivity (Wildman–Crippen MR) is 82.1 cm³/mol. The SMILES string of the molecule is CC(C)C(N)CN1CCC(Cc2ccccc2)CC1. The molecule has 1 aromatic carbocycles. The third-order valence-electron chi connectivity index (χ3n) is 4.40. The fourth-order valence-electron chi connectivity index (χ4n) is 2.83. The van der Waals surface area contributed by atoms with E-state index in [4.69, 9.17) is 5.73 Å². The molecule has 0 saturated carbocycles. The molecule has 1 heterocycles. The van der Waals surface area contributed by atoms with Gasteiger partial charge in [0.2, 0.25) is 0 Å². The van der Waals surface area contributed by atoms with Crippen LogP contribution in [0.2, 0.25) is 0 Å². The van der Waals surface area contributed by atoms with Crippen molar-refractivity contribution < 1.29 is 0 Å². The van der Waals surface area contributed by atoms with Gasteiger partial charge in [0.25, 0.3) is 0 Å². The molecule has 1 atom stereocenters. The van der Waals surface area contributed by atoms with Crippen LogP contribution in [0.4, 0.5) is 0 Å². The quantitative estimate of drug-likeness (QED) is 0.882. The highest BCUT2D eigenvalue weighted by molar-refractivity contribution is 5.15. The standard InChI is InChI=1S/C17H28N2/c1-14(2)17(18)13-19-10-8-16(9-11-19)12-15-6-4-3-5-7-15/h3-7,14,16-17H,8-13,18H2,1-2H3. The monoisotopic (exact) mass is 260 g/mol. The van der Waals surface area contributed by atoms with E-state index in [1.54, 1.807) is 0 Å². The lowest BCUT2D eigenvalue weighted by Gasteiger charge is -2.34. The maximum absolute atomic E-state index is 6.16. The summed E-state index contributed by atoms with van der Waals surface area (Å²) < 4.78 is 0. The van der Waals surface area contributed by atoms with E-state index in [2.05, 4.69) is 49.1 Å². The van der Waals surface area contributed by atoms with E-state index in [0.717, 1.165) is 12.5 Å². The van der Waals surface area contributed by atoms with Crippen LogP contribution in [0, 0.1) is 11.8 Å². The predicted octanol–water partition coefficient (Wildman–Crippen LogP) is 2.92. The summed E-state index contributed by atoms with van der Waals surface area (Å²) in [4.78, 5) is 2.55. The Kier molecular flexibility index (Phi) is 5.41. The summed E-state index contributed by atoms with van der Waals surface area (Å²) in [5.41, 5.74) is 7.65.